The van der Waals surface area contributed by atoms with E-state index in [0.717, 1.165) is 10.8 Å². The smallest absolute Gasteiger partial charge is 0.266 e. The molecule has 0 spiro atoms. The van der Waals surface area contributed by atoms with Crippen molar-refractivity contribution >= 4 is 10.8 Å². The zero-order chi connectivity index (χ0) is 20.2. The number of halogens is 1. The first-order valence-electron chi connectivity index (χ1n) is 9.23. The van der Waals surface area contributed by atoms with Gasteiger partial charge in [0.05, 0.1) is 12.2 Å². The molecule has 0 aliphatic carbocycles. The van der Waals surface area contributed by atoms with Crippen molar-refractivity contribution in [2.45, 2.75) is 12.6 Å². The minimum absolute atomic E-state index is 0.0152. The lowest BCUT2D eigenvalue weighted by Gasteiger charge is -2.15. The Morgan fingerprint density at radius 2 is 1.72 bits per heavy atom. The third-order valence-electron chi connectivity index (χ3n) is 4.57. The van der Waals surface area contributed by atoms with Gasteiger partial charge in [-0.1, -0.05) is 36.4 Å². The molecular formula is C23H19FN2O3. The van der Waals surface area contributed by atoms with Crippen molar-refractivity contribution in [3.8, 4) is 17.0 Å². The number of rotatable bonds is 6. The van der Waals surface area contributed by atoms with Crippen LogP contribution in [0.1, 0.15) is 0 Å². The molecule has 4 rings (SSSR count). The van der Waals surface area contributed by atoms with Crippen LogP contribution < -0.4 is 10.3 Å². The summed E-state index contributed by atoms with van der Waals surface area (Å²) in [5, 5.41) is 16.7. The van der Waals surface area contributed by atoms with Gasteiger partial charge in [-0.05, 0) is 41.8 Å². The zero-order valence-corrected chi connectivity index (χ0v) is 15.5. The topological polar surface area (TPSA) is 64.4 Å². The molecule has 146 valence electrons. The van der Waals surface area contributed by atoms with Crippen LogP contribution in [0.4, 0.5) is 4.39 Å². The van der Waals surface area contributed by atoms with Gasteiger partial charge in [0, 0.05) is 17.0 Å². The molecule has 1 N–H and O–H groups in total. The van der Waals surface area contributed by atoms with Crippen molar-refractivity contribution in [3.05, 3.63) is 95.0 Å². The maximum atomic E-state index is 13.1. The number of aliphatic hydroxyl groups is 1. The highest BCUT2D eigenvalue weighted by atomic mass is 19.1. The SMILES string of the molecule is O=c1ccc(-c2ccc(F)cc2)nn1CC(O)COc1cccc2ccccc12. The number of ether oxygens (including phenoxy) is 1. The Morgan fingerprint density at radius 3 is 2.55 bits per heavy atom. The van der Waals surface area contributed by atoms with E-state index in [9.17, 15) is 14.3 Å². The van der Waals surface area contributed by atoms with Gasteiger partial charge in [0.15, 0.2) is 0 Å². The first kappa shape index (κ1) is 18.8. The second-order valence-corrected chi connectivity index (χ2v) is 6.69. The molecule has 0 aliphatic rings. The number of aliphatic hydroxyl groups excluding tert-OH is 1. The van der Waals surface area contributed by atoms with E-state index in [-0.39, 0.29) is 24.5 Å². The van der Waals surface area contributed by atoms with E-state index in [4.69, 9.17) is 4.74 Å². The average molecular weight is 390 g/mol. The third kappa shape index (κ3) is 4.33. The lowest BCUT2D eigenvalue weighted by atomic mass is 10.1. The molecule has 1 aromatic heterocycles. The molecule has 1 atom stereocenters. The summed E-state index contributed by atoms with van der Waals surface area (Å²) in [5.74, 6) is 0.325. The minimum Gasteiger partial charge on any atom is -0.490 e. The van der Waals surface area contributed by atoms with Crippen LogP contribution in [0, 0.1) is 5.82 Å². The fourth-order valence-corrected chi connectivity index (χ4v) is 3.11. The van der Waals surface area contributed by atoms with Gasteiger partial charge in [0.25, 0.3) is 5.56 Å². The average Bonchev–Trinajstić information content (AvgIpc) is 2.74. The predicted octanol–water partition coefficient (Wildman–Crippen LogP) is 3.64. The molecule has 0 bridgehead atoms. The summed E-state index contributed by atoms with van der Waals surface area (Å²) in [6, 6.07) is 22.3. The standard InChI is InChI=1S/C23H19FN2O3/c24-18-10-8-17(9-11-18)21-12-13-23(28)26(25-21)14-19(27)15-29-22-7-3-5-16-4-1-2-6-20(16)22/h1-13,19,27H,14-15H2. The summed E-state index contributed by atoms with van der Waals surface area (Å²) in [6.07, 6.45) is -0.928. The van der Waals surface area contributed by atoms with Gasteiger partial charge in [-0.3, -0.25) is 4.79 Å². The van der Waals surface area contributed by atoms with Crippen molar-refractivity contribution in [1.82, 2.24) is 9.78 Å². The summed E-state index contributed by atoms with van der Waals surface area (Å²) in [4.78, 5) is 12.1. The van der Waals surface area contributed by atoms with Gasteiger partial charge in [-0.15, -0.1) is 0 Å². The third-order valence-corrected chi connectivity index (χ3v) is 4.57. The molecule has 0 amide bonds. The highest BCUT2D eigenvalue weighted by molar-refractivity contribution is 5.88. The Balaban J connectivity index is 1.48. The van der Waals surface area contributed by atoms with Crippen LogP contribution in [-0.2, 0) is 6.54 Å². The van der Waals surface area contributed by atoms with Crippen molar-refractivity contribution in [2.75, 3.05) is 6.61 Å². The lowest BCUT2D eigenvalue weighted by molar-refractivity contribution is 0.0888. The second-order valence-electron chi connectivity index (χ2n) is 6.69. The van der Waals surface area contributed by atoms with Gasteiger partial charge in [-0.2, -0.15) is 5.10 Å². The van der Waals surface area contributed by atoms with E-state index in [0.29, 0.717) is 17.0 Å². The second kappa shape index (κ2) is 8.24. The molecule has 1 unspecified atom stereocenters. The van der Waals surface area contributed by atoms with Gasteiger partial charge < -0.3 is 9.84 Å². The molecule has 0 saturated carbocycles. The quantitative estimate of drug-likeness (QED) is 0.546. The highest BCUT2D eigenvalue weighted by Crippen LogP contribution is 2.25. The predicted molar refractivity (Wildman–Crippen MR) is 109 cm³/mol. The first-order valence-corrected chi connectivity index (χ1v) is 9.23. The highest BCUT2D eigenvalue weighted by Gasteiger charge is 2.11. The molecule has 0 saturated heterocycles. The molecule has 4 aromatic rings. The lowest BCUT2D eigenvalue weighted by Crippen LogP contribution is -2.31. The number of hydrogen-bond donors (Lipinski definition) is 1. The van der Waals surface area contributed by atoms with E-state index < -0.39 is 6.10 Å². The van der Waals surface area contributed by atoms with Crippen LogP contribution in [0.5, 0.6) is 5.75 Å². The number of aromatic nitrogens is 2. The van der Waals surface area contributed by atoms with Gasteiger partial charge >= 0.3 is 0 Å². The molecule has 29 heavy (non-hydrogen) atoms. The van der Waals surface area contributed by atoms with Gasteiger partial charge in [-0.25, -0.2) is 9.07 Å². The molecule has 0 aliphatic heterocycles. The zero-order valence-electron chi connectivity index (χ0n) is 15.5. The summed E-state index contributed by atoms with van der Waals surface area (Å²) < 4.78 is 20.1. The Morgan fingerprint density at radius 1 is 0.966 bits per heavy atom. The van der Waals surface area contributed by atoms with Crippen molar-refractivity contribution in [2.24, 2.45) is 0 Å². The van der Waals surface area contributed by atoms with E-state index in [2.05, 4.69) is 5.10 Å². The largest absolute Gasteiger partial charge is 0.490 e. The maximum absolute atomic E-state index is 13.1. The summed E-state index contributed by atoms with van der Waals surface area (Å²) in [5.41, 5.74) is 0.869. The minimum atomic E-state index is -0.928. The molecule has 5 nitrogen and oxygen atoms in total. The molecule has 0 fully saturated rings. The van der Waals surface area contributed by atoms with E-state index in [1.165, 1.54) is 22.9 Å². The van der Waals surface area contributed by atoms with Crippen molar-refractivity contribution in [1.29, 1.82) is 0 Å². The molecular weight excluding hydrogens is 371 g/mol. The molecule has 1 heterocycles. The summed E-state index contributed by atoms with van der Waals surface area (Å²) >= 11 is 0. The summed E-state index contributed by atoms with van der Waals surface area (Å²) in [6.45, 7) is 0.00153. The monoisotopic (exact) mass is 390 g/mol. The van der Waals surface area contributed by atoms with Crippen LogP contribution in [0.2, 0.25) is 0 Å². The van der Waals surface area contributed by atoms with Crippen LogP contribution in [-0.4, -0.2) is 27.6 Å². The fourth-order valence-electron chi connectivity index (χ4n) is 3.11. The number of hydrogen-bond acceptors (Lipinski definition) is 4. The van der Waals surface area contributed by atoms with E-state index in [1.807, 2.05) is 42.5 Å². The van der Waals surface area contributed by atoms with E-state index in [1.54, 1.807) is 18.2 Å². The first-order chi connectivity index (χ1) is 14.1. The van der Waals surface area contributed by atoms with E-state index >= 15 is 0 Å². The van der Waals surface area contributed by atoms with Gasteiger partial charge in [0.2, 0.25) is 0 Å². The molecule has 6 heteroatoms. The van der Waals surface area contributed by atoms with Gasteiger partial charge in [0.1, 0.15) is 24.3 Å². The Kier molecular flexibility index (Phi) is 5.35. The van der Waals surface area contributed by atoms with Crippen molar-refractivity contribution in [3.63, 3.8) is 0 Å². The van der Waals surface area contributed by atoms with Crippen LogP contribution in [0.3, 0.4) is 0 Å². The molecule has 0 radical (unpaired) electrons. The number of fused-ring (bicyclic) bond motifs is 1. The fraction of sp³-hybridized carbons (Fsp3) is 0.130. The normalized spacial score (nSPS) is 12.1. The maximum Gasteiger partial charge on any atom is 0.266 e. The van der Waals surface area contributed by atoms with Crippen LogP contribution in [0.15, 0.2) is 83.7 Å². The Labute approximate surface area is 166 Å². The Hall–Kier alpha value is -3.51. The van der Waals surface area contributed by atoms with Crippen LogP contribution in [0.25, 0.3) is 22.0 Å². The number of benzene rings is 3. The summed E-state index contributed by atoms with van der Waals surface area (Å²) in [7, 11) is 0. The van der Waals surface area contributed by atoms with Crippen molar-refractivity contribution < 1.29 is 14.2 Å². The Bertz CT molecular complexity index is 1180. The number of nitrogens with zero attached hydrogens (tertiary/aromatic N) is 2. The molecule has 3 aromatic carbocycles. The van der Waals surface area contributed by atoms with Crippen LogP contribution >= 0.6 is 0 Å².